The van der Waals surface area contributed by atoms with Crippen molar-refractivity contribution >= 4 is 17.7 Å². The van der Waals surface area contributed by atoms with E-state index < -0.39 is 5.60 Å². The van der Waals surface area contributed by atoms with E-state index in [4.69, 9.17) is 0 Å². The third-order valence-electron chi connectivity index (χ3n) is 3.32. The summed E-state index contributed by atoms with van der Waals surface area (Å²) in [5.41, 5.74) is 0.352. The Labute approximate surface area is 126 Å². The molecule has 0 aliphatic rings. The van der Waals surface area contributed by atoms with Crippen LogP contribution in [0.1, 0.15) is 38.2 Å². The molecule has 1 aromatic carbocycles. The van der Waals surface area contributed by atoms with Crippen LogP contribution in [0.25, 0.3) is 0 Å². The van der Waals surface area contributed by atoms with Gasteiger partial charge in [-0.1, -0.05) is 37.3 Å². The van der Waals surface area contributed by atoms with Gasteiger partial charge in [-0.25, -0.2) is 0 Å². The molecule has 4 heteroatoms. The van der Waals surface area contributed by atoms with Gasteiger partial charge in [0.1, 0.15) is 0 Å². The zero-order valence-corrected chi connectivity index (χ0v) is 13.4. The Balaban J connectivity index is 2.48. The molecule has 0 heterocycles. The molecule has 1 rings (SSSR count). The van der Waals surface area contributed by atoms with Gasteiger partial charge in [-0.2, -0.15) is 11.8 Å². The second-order valence-corrected chi connectivity index (χ2v) is 6.29. The lowest BCUT2D eigenvalue weighted by atomic mass is 9.93. The fraction of sp³-hybridized carbons (Fsp3) is 0.562. The van der Waals surface area contributed by atoms with Crippen molar-refractivity contribution in [2.24, 2.45) is 0 Å². The number of thioether (sulfide) groups is 1. The van der Waals surface area contributed by atoms with Gasteiger partial charge in [0, 0.05) is 18.7 Å². The predicted molar refractivity (Wildman–Crippen MR) is 86.1 cm³/mol. The van der Waals surface area contributed by atoms with E-state index in [2.05, 4.69) is 24.4 Å². The lowest BCUT2D eigenvalue weighted by Crippen LogP contribution is -2.42. The molecule has 0 saturated heterocycles. The summed E-state index contributed by atoms with van der Waals surface area (Å²) in [6, 6.07) is 10.1. The highest BCUT2D eigenvalue weighted by Gasteiger charge is 2.21. The average Bonchev–Trinajstić information content (AvgIpc) is 2.43. The first kappa shape index (κ1) is 17.1. The Morgan fingerprint density at radius 1 is 1.40 bits per heavy atom. The molecule has 0 saturated carbocycles. The first-order valence-electron chi connectivity index (χ1n) is 7.01. The largest absolute Gasteiger partial charge is 0.387 e. The third-order valence-corrected chi connectivity index (χ3v) is 4.23. The van der Waals surface area contributed by atoms with Crippen molar-refractivity contribution < 1.29 is 9.90 Å². The number of aliphatic hydroxyl groups is 1. The van der Waals surface area contributed by atoms with E-state index in [9.17, 15) is 9.90 Å². The summed E-state index contributed by atoms with van der Waals surface area (Å²) in [5, 5.41) is 12.9. The molecular formula is C16H25NO2S. The number of benzene rings is 1. The summed E-state index contributed by atoms with van der Waals surface area (Å²) < 4.78 is 0. The summed E-state index contributed by atoms with van der Waals surface area (Å²) in [5.74, 6) is 0.854. The van der Waals surface area contributed by atoms with Crippen molar-refractivity contribution in [3.05, 3.63) is 35.9 Å². The third kappa shape index (κ3) is 5.97. The molecule has 0 aromatic heterocycles. The molecule has 0 radical (unpaired) electrons. The van der Waals surface area contributed by atoms with Crippen molar-refractivity contribution in [1.29, 1.82) is 0 Å². The fourth-order valence-corrected chi connectivity index (χ4v) is 2.89. The first-order valence-corrected chi connectivity index (χ1v) is 8.41. The highest BCUT2D eigenvalue weighted by molar-refractivity contribution is 7.98. The smallest absolute Gasteiger partial charge is 0.220 e. The molecule has 0 bridgehead atoms. The van der Waals surface area contributed by atoms with Gasteiger partial charge in [0.2, 0.25) is 5.91 Å². The maximum atomic E-state index is 12.0. The van der Waals surface area contributed by atoms with Crippen molar-refractivity contribution in [1.82, 2.24) is 5.32 Å². The van der Waals surface area contributed by atoms with Gasteiger partial charge in [0.15, 0.2) is 0 Å². The molecule has 1 amide bonds. The van der Waals surface area contributed by atoms with E-state index in [1.807, 2.05) is 24.5 Å². The van der Waals surface area contributed by atoms with E-state index >= 15 is 0 Å². The van der Waals surface area contributed by atoms with E-state index in [0.29, 0.717) is 18.7 Å². The van der Waals surface area contributed by atoms with Gasteiger partial charge < -0.3 is 10.4 Å². The van der Waals surface area contributed by atoms with E-state index in [0.717, 1.165) is 6.42 Å². The summed E-state index contributed by atoms with van der Waals surface area (Å²) in [6.07, 6.45) is 3.34. The van der Waals surface area contributed by atoms with Crippen LogP contribution in [0, 0.1) is 0 Å². The van der Waals surface area contributed by atoms with Crippen molar-refractivity contribution in [2.75, 3.05) is 18.6 Å². The number of hydrogen-bond donors (Lipinski definition) is 2. The van der Waals surface area contributed by atoms with Gasteiger partial charge in [-0.15, -0.1) is 0 Å². The molecule has 20 heavy (non-hydrogen) atoms. The number of hydrogen-bond acceptors (Lipinski definition) is 3. The number of rotatable bonds is 8. The normalized spacial score (nSPS) is 15.4. The van der Waals surface area contributed by atoms with E-state index in [-0.39, 0.29) is 11.8 Å². The van der Waals surface area contributed by atoms with Gasteiger partial charge in [-0.05, 0) is 31.1 Å². The SMILES string of the molecule is CC[C@@H](CC(=O)NC[C@@](C)(O)CSC)c1ccccc1. The van der Waals surface area contributed by atoms with Crippen LogP contribution in [0.3, 0.4) is 0 Å². The van der Waals surface area contributed by atoms with E-state index in [1.165, 1.54) is 5.56 Å². The maximum absolute atomic E-state index is 12.0. The van der Waals surface area contributed by atoms with Crippen LogP contribution in [0.15, 0.2) is 30.3 Å². The van der Waals surface area contributed by atoms with Gasteiger partial charge >= 0.3 is 0 Å². The molecule has 2 N–H and O–H groups in total. The quantitative estimate of drug-likeness (QED) is 0.775. The topological polar surface area (TPSA) is 49.3 Å². The predicted octanol–water partition coefficient (Wildman–Crippen LogP) is 2.80. The van der Waals surface area contributed by atoms with Crippen molar-refractivity contribution in [2.45, 2.75) is 38.2 Å². The standard InChI is InChI=1S/C16H25NO2S/c1-4-13(14-8-6-5-7-9-14)10-15(18)17-11-16(2,19)12-20-3/h5-9,13,19H,4,10-12H2,1-3H3,(H,17,18)/t13-,16+/m0/s1. The second kappa shape index (κ2) is 8.32. The van der Waals surface area contributed by atoms with Crippen LogP contribution in [0.5, 0.6) is 0 Å². The van der Waals surface area contributed by atoms with Gasteiger partial charge in [0.25, 0.3) is 0 Å². The summed E-state index contributed by atoms with van der Waals surface area (Å²) in [7, 11) is 0. The van der Waals surface area contributed by atoms with Crippen LogP contribution < -0.4 is 5.32 Å². The summed E-state index contributed by atoms with van der Waals surface area (Å²) in [4.78, 5) is 12.0. The summed E-state index contributed by atoms with van der Waals surface area (Å²) in [6.45, 7) is 4.14. The molecule has 3 nitrogen and oxygen atoms in total. The first-order chi connectivity index (χ1) is 9.48. The van der Waals surface area contributed by atoms with Crippen molar-refractivity contribution in [3.8, 4) is 0 Å². The van der Waals surface area contributed by atoms with Crippen molar-refractivity contribution in [3.63, 3.8) is 0 Å². The Kier molecular flexibility index (Phi) is 7.10. The minimum Gasteiger partial charge on any atom is -0.387 e. The minimum atomic E-state index is -0.844. The fourth-order valence-electron chi connectivity index (χ4n) is 2.17. The van der Waals surface area contributed by atoms with Gasteiger partial charge in [0.05, 0.1) is 5.60 Å². The molecule has 0 aliphatic heterocycles. The molecule has 112 valence electrons. The summed E-state index contributed by atoms with van der Waals surface area (Å²) >= 11 is 1.57. The Hall–Kier alpha value is -1.00. The van der Waals surface area contributed by atoms with E-state index in [1.54, 1.807) is 18.7 Å². The molecule has 0 spiro atoms. The van der Waals surface area contributed by atoms with Crippen LogP contribution in [-0.4, -0.2) is 35.2 Å². The van der Waals surface area contributed by atoms with Crippen LogP contribution >= 0.6 is 11.8 Å². The van der Waals surface area contributed by atoms with Gasteiger partial charge in [-0.3, -0.25) is 4.79 Å². The highest BCUT2D eigenvalue weighted by atomic mass is 32.2. The Bertz CT molecular complexity index is 406. The Morgan fingerprint density at radius 2 is 2.05 bits per heavy atom. The molecule has 2 atom stereocenters. The van der Waals surface area contributed by atoms with Crippen LogP contribution in [-0.2, 0) is 4.79 Å². The number of amides is 1. The number of carbonyl (C=O) groups excluding carboxylic acids is 1. The monoisotopic (exact) mass is 295 g/mol. The zero-order valence-electron chi connectivity index (χ0n) is 12.6. The lowest BCUT2D eigenvalue weighted by Gasteiger charge is -2.23. The number of nitrogens with one attached hydrogen (secondary N) is 1. The highest BCUT2D eigenvalue weighted by Crippen LogP contribution is 2.22. The number of carbonyl (C=O) groups is 1. The molecule has 0 fully saturated rings. The maximum Gasteiger partial charge on any atom is 0.220 e. The van der Waals surface area contributed by atoms with Crippen LogP contribution in [0.2, 0.25) is 0 Å². The average molecular weight is 295 g/mol. The Morgan fingerprint density at radius 3 is 2.60 bits per heavy atom. The molecule has 1 aromatic rings. The molecular weight excluding hydrogens is 270 g/mol. The van der Waals surface area contributed by atoms with Crippen LogP contribution in [0.4, 0.5) is 0 Å². The molecule has 0 unspecified atom stereocenters. The minimum absolute atomic E-state index is 0.00193. The lowest BCUT2D eigenvalue weighted by molar-refractivity contribution is -0.122. The molecule has 0 aliphatic carbocycles. The second-order valence-electron chi connectivity index (χ2n) is 5.43. The zero-order chi connectivity index (χ0) is 15.0.